The zero-order valence-electron chi connectivity index (χ0n) is 13.3. The van der Waals surface area contributed by atoms with Gasteiger partial charge in [-0.2, -0.15) is 0 Å². The molecule has 0 atom stereocenters. The molecule has 1 aliphatic rings. The highest BCUT2D eigenvalue weighted by Gasteiger charge is 2.42. The third kappa shape index (κ3) is 5.53. The number of azide groups is 1. The summed E-state index contributed by atoms with van der Waals surface area (Å²) in [6, 6.07) is 0. The van der Waals surface area contributed by atoms with Crippen LogP contribution in [-0.2, 0) is 9.53 Å². The van der Waals surface area contributed by atoms with Crippen LogP contribution in [0.3, 0.4) is 0 Å². The molecular formula is C14H27N5O2. The Labute approximate surface area is 126 Å². The molecule has 0 aromatic carbocycles. The smallest absolute Gasteiger partial charge is 0.326 e. The molecule has 21 heavy (non-hydrogen) atoms. The molecular weight excluding hydrogens is 270 g/mol. The molecule has 1 N–H and O–H groups in total. The maximum atomic E-state index is 12.3. The number of carbonyl (C=O) groups excluding carboxylic acids is 1. The molecule has 0 spiro atoms. The minimum Gasteiger partial charge on any atom is -0.465 e. The SMILES string of the molecule is CCOC(=O)C1(NCCN=[N+]=[N-])CCN(CC(C)C)CC1. The van der Waals surface area contributed by atoms with Gasteiger partial charge in [-0.1, -0.05) is 19.0 Å². The third-order valence-electron chi connectivity index (χ3n) is 3.74. The Bertz CT molecular complexity index is 372. The fourth-order valence-electron chi connectivity index (χ4n) is 2.75. The van der Waals surface area contributed by atoms with Crippen molar-refractivity contribution in [2.24, 2.45) is 11.0 Å². The molecule has 120 valence electrons. The molecule has 0 aromatic heterocycles. The molecule has 0 unspecified atom stereocenters. The molecule has 0 radical (unpaired) electrons. The normalized spacial score (nSPS) is 18.3. The Morgan fingerprint density at radius 3 is 2.67 bits per heavy atom. The molecule has 1 fully saturated rings. The van der Waals surface area contributed by atoms with E-state index in [1.807, 2.05) is 6.92 Å². The average molecular weight is 297 g/mol. The van der Waals surface area contributed by atoms with Crippen LogP contribution in [-0.4, -0.2) is 55.7 Å². The Hall–Kier alpha value is -1.30. The predicted molar refractivity (Wildman–Crippen MR) is 81.9 cm³/mol. The van der Waals surface area contributed by atoms with Crippen LogP contribution in [0.15, 0.2) is 5.11 Å². The van der Waals surface area contributed by atoms with Gasteiger partial charge in [-0.3, -0.25) is 4.79 Å². The zero-order valence-corrected chi connectivity index (χ0v) is 13.3. The topological polar surface area (TPSA) is 90.3 Å². The Morgan fingerprint density at radius 2 is 2.14 bits per heavy atom. The number of piperidine rings is 1. The Morgan fingerprint density at radius 1 is 1.48 bits per heavy atom. The summed E-state index contributed by atoms with van der Waals surface area (Å²) in [4.78, 5) is 17.4. The van der Waals surface area contributed by atoms with Crippen LogP contribution < -0.4 is 5.32 Å². The van der Waals surface area contributed by atoms with Gasteiger partial charge < -0.3 is 15.0 Å². The minimum absolute atomic E-state index is 0.185. The molecule has 0 bridgehead atoms. The quantitative estimate of drug-likeness (QED) is 0.244. The van der Waals surface area contributed by atoms with Crippen molar-refractivity contribution in [1.82, 2.24) is 10.2 Å². The summed E-state index contributed by atoms with van der Waals surface area (Å²) < 4.78 is 5.23. The lowest BCUT2D eigenvalue weighted by Gasteiger charge is -2.41. The molecule has 0 amide bonds. The van der Waals surface area contributed by atoms with Crippen LogP contribution in [0.2, 0.25) is 0 Å². The summed E-state index contributed by atoms with van der Waals surface area (Å²) in [7, 11) is 0. The minimum atomic E-state index is -0.630. The maximum absolute atomic E-state index is 12.3. The fraction of sp³-hybridized carbons (Fsp3) is 0.929. The highest BCUT2D eigenvalue weighted by Crippen LogP contribution is 2.24. The molecule has 7 heteroatoms. The molecule has 1 rings (SSSR count). The predicted octanol–water partition coefficient (Wildman–Crippen LogP) is 1.94. The molecule has 1 heterocycles. The summed E-state index contributed by atoms with van der Waals surface area (Å²) in [6.45, 7) is 10.2. The van der Waals surface area contributed by atoms with E-state index in [-0.39, 0.29) is 5.97 Å². The van der Waals surface area contributed by atoms with Crippen LogP contribution in [0.4, 0.5) is 0 Å². The van der Waals surface area contributed by atoms with Crippen molar-refractivity contribution < 1.29 is 9.53 Å². The number of nitrogens with zero attached hydrogens (tertiary/aromatic N) is 4. The number of hydrogen-bond acceptors (Lipinski definition) is 5. The first-order valence-electron chi connectivity index (χ1n) is 7.69. The van der Waals surface area contributed by atoms with Gasteiger partial charge in [0.05, 0.1) is 6.61 Å². The van der Waals surface area contributed by atoms with Gasteiger partial charge in [0.1, 0.15) is 5.54 Å². The number of rotatable bonds is 8. The van der Waals surface area contributed by atoms with Gasteiger partial charge in [0, 0.05) is 37.6 Å². The second kappa shape index (κ2) is 8.87. The summed E-state index contributed by atoms with van der Waals surface area (Å²) in [5.74, 6) is 0.438. The lowest BCUT2D eigenvalue weighted by molar-refractivity contribution is -0.153. The van der Waals surface area contributed by atoms with E-state index in [4.69, 9.17) is 10.3 Å². The van der Waals surface area contributed by atoms with Crippen molar-refractivity contribution in [3.63, 3.8) is 0 Å². The highest BCUT2D eigenvalue weighted by molar-refractivity contribution is 5.81. The van der Waals surface area contributed by atoms with Crippen molar-refractivity contribution in [1.29, 1.82) is 0 Å². The second-order valence-electron chi connectivity index (χ2n) is 5.88. The van der Waals surface area contributed by atoms with Gasteiger partial charge in [-0.15, -0.1) is 0 Å². The van der Waals surface area contributed by atoms with E-state index in [1.54, 1.807) is 0 Å². The zero-order chi connectivity index (χ0) is 15.7. The van der Waals surface area contributed by atoms with Gasteiger partial charge >= 0.3 is 5.97 Å². The van der Waals surface area contributed by atoms with E-state index in [0.29, 0.717) is 25.6 Å². The van der Waals surface area contributed by atoms with Crippen molar-refractivity contribution in [3.8, 4) is 0 Å². The standard InChI is InChI=1S/C14H27N5O2/c1-4-21-13(20)14(16-7-8-17-18-15)5-9-19(10-6-14)11-12(2)3/h12,16H,4-11H2,1-3H3. The molecule has 0 saturated carbocycles. The largest absolute Gasteiger partial charge is 0.465 e. The first kappa shape index (κ1) is 17.8. The highest BCUT2D eigenvalue weighted by atomic mass is 16.5. The number of ether oxygens (including phenoxy) is 1. The van der Waals surface area contributed by atoms with Gasteiger partial charge in [0.25, 0.3) is 0 Å². The van der Waals surface area contributed by atoms with Gasteiger partial charge in [-0.25, -0.2) is 0 Å². The lowest BCUT2D eigenvalue weighted by atomic mass is 9.87. The number of carbonyl (C=O) groups is 1. The number of esters is 1. The van der Waals surface area contributed by atoms with Crippen LogP contribution in [0.5, 0.6) is 0 Å². The number of hydrogen-bond donors (Lipinski definition) is 1. The van der Waals surface area contributed by atoms with Gasteiger partial charge in [0.15, 0.2) is 0 Å². The second-order valence-corrected chi connectivity index (χ2v) is 5.88. The summed E-state index contributed by atoms with van der Waals surface area (Å²) in [5, 5.41) is 6.76. The van der Waals surface area contributed by atoms with E-state index in [9.17, 15) is 4.79 Å². The summed E-state index contributed by atoms with van der Waals surface area (Å²) in [6.07, 6.45) is 1.46. The molecule has 1 aliphatic heterocycles. The van der Waals surface area contributed by atoms with Crippen molar-refractivity contribution in [3.05, 3.63) is 10.4 Å². The van der Waals surface area contributed by atoms with Crippen molar-refractivity contribution in [2.75, 3.05) is 39.3 Å². The Kier molecular flexibility index (Phi) is 7.50. The molecule has 0 aromatic rings. The molecule has 7 nitrogen and oxygen atoms in total. The lowest BCUT2D eigenvalue weighted by Crippen LogP contribution is -2.59. The summed E-state index contributed by atoms with van der Waals surface area (Å²) in [5.41, 5.74) is 7.68. The van der Waals surface area contributed by atoms with Crippen molar-refractivity contribution in [2.45, 2.75) is 39.2 Å². The number of nitrogens with one attached hydrogen (secondary N) is 1. The van der Waals surface area contributed by atoms with E-state index < -0.39 is 5.54 Å². The average Bonchev–Trinajstić information content (AvgIpc) is 2.45. The molecule has 0 aliphatic carbocycles. The van der Waals surface area contributed by atoms with Crippen LogP contribution in [0.25, 0.3) is 10.4 Å². The van der Waals surface area contributed by atoms with E-state index >= 15 is 0 Å². The van der Waals surface area contributed by atoms with Crippen LogP contribution in [0, 0.1) is 5.92 Å². The fourth-order valence-corrected chi connectivity index (χ4v) is 2.75. The monoisotopic (exact) mass is 297 g/mol. The number of likely N-dealkylation sites (tertiary alicyclic amines) is 1. The van der Waals surface area contributed by atoms with Gasteiger partial charge in [-0.05, 0) is 31.2 Å². The van der Waals surface area contributed by atoms with Crippen LogP contribution in [0.1, 0.15) is 33.6 Å². The first-order chi connectivity index (χ1) is 10.0. The summed E-state index contributed by atoms with van der Waals surface area (Å²) >= 11 is 0. The molecule has 1 saturated heterocycles. The van der Waals surface area contributed by atoms with E-state index in [2.05, 4.69) is 34.1 Å². The van der Waals surface area contributed by atoms with Crippen LogP contribution >= 0.6 is 0 Å². The van der Waals surface area contributed by atoms with E-state index in [0.717, 1.165) is 32.5 Å². The Balaban J connectivity index is 2.62. The van der Waals surface area contributed by atoms with E-state index in [1.165, 1.54) is 0 Å². The maximum Gasteiger partial charge on any atom is 0.326 e. The van der Waals surface area contributed by atoms with Crippen molar-refractivity contribution >= 4 is 5.97 Å². The first-order valence-corrected chi connectivity index (χ1v) is 7.69. The van der Waals surface area contributed by atoms with Gasteiger partial charge in [0.2, 0.25) is 0 Å². The third-order valence-corrected chi connectivity index (χ3v) is 3.74.